The van der Waals surface area contributed by atoms with Crippen LogP contribution in [0.3, 0.4) is 0 Å². The summed E-state index contributed by atoms with van der Waals surface area (Å²) in [5.41, 5.74) is 0. The molecule has 1 atom stereocenters. The van der Waals surface area contributed by atoms with E-state index in [-0.39, 0.29) is 6.10 Å². The number of piperidine rings is 1. The van der Waals surface area contributed by atoms with Crippen molar-refractivity contribution in [3.63, 3.8) is 0 Å². The lowest BCUT2D eigenvalue weighted by molar-refractivity contribution is 0.130. The number of aliphatic hydroxyl groups is 1. The number of aliphatic hydroxyl groups excluding tert-OH is 1. The topological polar surface area (TPSA) is 23.5 Å². The Hall–Kier alpha value is -0.0800. The van der Waals surface area contributed by atoms with Crippen LogP contribution in [0.2, 0.25) is 0 Å². The van der Waals surface area contributed by atoms with Crippen LogP contribution in [0.25, 0.3) is 0 Å². The summed E-state index contributed by atoms with van der Waals surface area (Å²) in [5, 5.41) is 9.48. The molecule has 2 heteroatoms. The van der Waals surface area contributed by atoms with Crippen molar-refractivity contribution in [1.82, 2.24) is 4.90 Å². The van der Waals surface area contributed by atoms with Gasteiger partial charge >= 0.3 is 0 Å². The maximum atomic E-state index is 9.48. The van der Waals surface area contributed by atoms with Gasteiger partial charge in [-0.15, -0.1) is 0 Å². The molecule has 0 aromatic rings. The molecular formula is C14H29NO. The molecule has 0 aliphatic carbocycles. The molecule has 1 unspecified atom stereocenters. The molecule has 1 N–H and O–H groups in total. The van der Waals surface area contributed by atoms with E-state index in [4.69, 9.17) is 0 Å². The predicted octanol–water partition coefficient (Wildman–Crippen LogP) is 2.91. The van der Waals surface area contributed by atoms with E-state index in [9.17, 15) is 5.11 Å². The van der Waals surface area contributed by atoms with Crippen LogP contribution < -0.4 is 0 Å². The first kappa shape index (κ1) is 14.0. The standard InChI is InChI=1S/C14H29NO/c1-4-14(16)6-5-9-15-10-7-13(8-11-15)12(2)3/h12-14,16H,4-11H2,1-3H3. The average molecular weight is 227 g/mol. The van der Waals surface area contributed by atoms with Gasteiger partial charge in [0.25, 0.3) is 0 Å². The van der Waals surface area contributed by atoms with E-state index in [1.165, 1.54) is 32.5 Å². The van der Waals surface area contributed by atoms with Gasteiger partial charge in [0.05, 0.1) is 6.10 Å². The molecule has 0 aromatic heterocycles. The molecule has 1 heterocycles. The Morgan fingerprint density at radius 1 is 1.25 bits per heavy atom. The largest absolute Gasteiger partial charge is 0.393 e. The van der Waals surface area contributed by atoms with Gasteiger partial charge in [-0.3, -0.25) is 0 Å². The van der Waals surface area contributed by atoms with E-state index in [2.05, 4.69) is 25.7 Å². The molecule has 1 saturated heterocycles. The molecule has 2 nitrogen and oxygen atoms in total. The Kier molecular flexibility index (Phi) is 6.37. The first-order chi connectivity index (χ1) is 7.63. The van der Waals surface area contributed by atoms with Crippen molar-refractivity contribution >= 4 is 0 Å². The first-order valence-corrected chi connectivity index (χ1v) is 7.04. The van der Waals surface area contributed by atoms with Crippen molar-refractivity contribution in [3.05, 3.63) is 0 Å². The Morgan fingerprint density at radius 3 is 2.38 bits per heavy atom. The van der Waals surface area contributed by atoms with E-state index in [0.717, 1.165) is 31.1 Å². The van der Waals surface area contributed by atoms with Crippen molar-refractivity contribution in [1.29, 1.82) is 0 Å². The molecule has 96 valence electrons. The van der Waals surface area contributed by atoms with Crippen molar-refractivity contribution in [2.24, 2.45) is 11.8 Å². The Bertz CT molecular complexity index is 174. The van der Waals surface area contributed by atoms with Crippen LogP contribution in [0, 0.1) is 11.8 Å². The van der Waals surface area contributed by atoms with Crippen LogP contribution in [0.4, 0.5) is 0 Å². The molecular weight excluding hydrogens is 198 g/mol. The zero-order chi connectivity index (χ0) is 12.0. The van der Waals surface area contributed by atoms with E-state index in [1.807, 2.05) is 0 Å². The highest BCUT2D eigenvalue weighted by Gasteiger charge is 2.20. The highest BCUT2D eigenvalue weighted by molar-refractivity contribution is 4.74. The summed E-state index contributed by atoms with van der Waals surface area (Å²) in [6.07, 6.45) is 5.69. The van der Waals surface area contributed by atoms with Crippen LogP contribution in [-0.4, -0.2) is 35.7 Å². The minimum atomic E-state index is -0.0757. The molecule has 1 rings (SSSR count). The second-order valence-corrected chi connectivity index (χ2v) is 5.63. The molecule has 0 saturated carbocycles. The van der Waals surface area contributed by atoms with Gasteiger partial charge in [-0.25, -0.2) is 0 Å². The average Bonchev–Trinajstić information content (AvgIpc) is 2.29. The second-order valence-electron chi connectivity index (χ2n) is 5.63. The number of hydrogen-bond donors (Lipinski definition) is 1. The van der Waals surface area contributed by atoms with E-state index < -0.39 is 0 Å². The smallest absolute Gasteiger partial charge is 0.0538 e. The lowest BCUT2D eigenvalue weighted by Gasteiger charge is -2.33. The van der Waals surface area contributed by atoms with Gasteiger partial charge in [0, 0.05) is 0 Å². The molecule has 0 spiro atoms. The van der Waals surface area contributed by atoms with Crippen LogP contribution in [0.1, 0.15) is 52.9 Å². The Morgan fingerprint density at radius 2 is 1.88 bits per heavy atom. The zero-order valence-corrected chi connectivity index (χ0v) is 11.3. The van der Waals surface area contributed by atoms with Gasteiger partial charge in [0.2, 0.25) is 0 Å². The fourth-order valence-electron chi connectivity index (χ4n) is 2.60. The van der Waals surface area contributed by atoms with Gasteiger partial charge in [-0.2, -0.15) is 0 Å². The van der Waals surface area contributed by atoms with Crippen molar-refractivity contribution in [2.75, 3.05) is 19.6 Å². The SMILES string of the molecule is CCC(O)CCCN1CCC(C(C)C)CC1. The van der Waals surface area contributed by atoms with Crippen LogP contribution >= 0.6 is 0 Å². The van der Waals surface area contributed by atoms with Crippen LogP contribution in [0.5, 0.6) is 0 Å². The molecule has 16 heavy (non-hydrogen) atoms. The fourth-order valence-corrected chi connectivity index (χ4v) is 2.60. The van der Waals surface area contributed by atoms with Crippen LogP contribution in [-0.2, 0) is 0 Å². The van der Waals surface area contributed by atoms with Crippen molar-refractivity contribution < 1.29 is 5.11 Å². The molecule has 0 amide bonds. The monoisotopic (exact) mass is 227 g/mol. The number of rotatable bonds is 6. The summed E-state index contributed by atoms with van der Waals surface area (Å²) >= 11 is 0. The van der Waals surface area contributed by atoms with E-state index in [1.54, 1.807) is 0 Å². The third-order valence-electron chi connectivity index (χ3n) is 4.06. The molecule has 1 aliphatic rings. The van der Waals surface area contributed by atoms with Gasteiger partial charge in [-0.1, -0.05) is 20.8 Å². The number of likely N-dealkylation sites (tertiary alicyclic amines) is 1. The first-order valence-electron chi connectivity index (χ1n) is 7.04. The van der Waals surface area contributed by atoms with E-state index >= 15 is 0 Å². The highest BCUT2D eigenvalue weighted by atomic mass is 16.3. The molecule has 0 radical (unpaired) electrons. The van der Waals surface area contributed by atoms with Gasteiger partial charge in [-0.05, 0) is 63.6 Å². The van der Waals surface area contributed by atoms with Crippen molar-refractivity contribution in [2.45, 2.75) is 59.0 Å². The maximum Gasteiger partial charge on any atom is 0.0538 e. The van der Waals surface area contributed by atoms with Gasteiger partial charge in [0.15, 0.2) is 0 Å². The van der Waals surface area contributed by atoms with Crippen LogP contribution in [0.15, 0.2) is 0 Å². The lowest BCUT2D eigenvalue weighted by Crippen LogP contribution is -2.36. The number of nitrogens with zero attached hydrogens (tertiary/aromatic N) is 1. The Balaban J connectivity index is 2.08. The minimum absolute atomic E-state index is 0.0757. The number of hydrogen-bond acceptors (Lipinski definition) is 2. The zero-order valence-electron chi connectivity index (χ0n) is 11.3. The normalized spacial score (nSPS) is 21.6. The highest BCUT2D eigenvalue weighted by Crippen LogP contribution is 2.24. The summed E-state index contributed by atoms with van der Waals surface area (Å²) in [6.45, 7) is 10.5. The second kappa shape index (κ2) is 7.29. The maximum absolute atomic E-state index is 9.48. The summed E-state index contributed by atoms with van der Waals surface area (Å²) < 4.78 is 0. The van der Waals surface area contributed by atoms with Crippen molar-refractivity contribution in [3.8, 4) is 0 Å². The molecule has 0 aromatic carbocycles. The Labute approximate surface area is 101 Å². The lowest BCUT2D eigenvalue weighted by atomic mass is 9.86. The minimum Gasteiger partial charge on any atom is -0.393 e. The molecule has 0 bridgehead atoms. The quantitative estimate of drug-likeness (QED) is 0.754. The molecule has 1 fully saturated rings. The summed E-state index contributed by atoms with van der Waals surface area (Å²) in [4.78, 5) is 2.57. The molecule has 1 aliphatic heterocycles. The van der Waals surface area contributed by atoms with E-state index in [0.29, 0.717) is 0 Å². The fraction of sp³-hybridized carbons (Fsp3) is 1.00. The third kappa shape index (κ3) is 4.84. The summed E-state index contributed by atoms with van der Waals surface area (Å²) in [5.74, 6) is 1.79. The summed E-state index contributed by atoms with van der Waals surface area (Å²) in [7, 11) is 0. The van der Waals surface area contributed by atoms with Gasteiger partial charge in [0.1, 0.15) is 0 Å². The predicted molar refractivity (Wildman–Crippen MR) is 69.5 cm³/mol. The van der Waals surface area contributed by atoms with Gasteiger partial charge < -0.3 is 10.0 Å². The third-order valence-corrected chi connectivity index (χ3v) is 4.06. The summed E-state index contributed by atoms with van der Waals surface area (Å²) in [6, 6.07) is 0.